The molecule has 1 aromatic rings. The second kappa shape index (κ2) is 2.28. The summed E-state index contributed by atoms with van der Waals surface area (Å²) in [5, 5.41) is 10.3. The van der Waals surface area contributed by atoms with E-state index >= 15 is 0 Å². The lowest BCUT2D eigenvalue weighted by Crippen LogP contribution is -2.12. The fraction of sp³-hybridized carbons (Fsp3) is 0.500. The van der Waals surface area contributed by atoms with Crippen molar-refractivity contribution in [1.29, 1.82) is 0 Å². The Morgan fingerprint density at radius 3 is 2.50 bits per heavy atom. The van der Waals surface area contributed by atoms with E-state index in [1.54, 1.807) is 0 Å². The molecule has 0 saturated carbocycles. The maximum atomic E-state index is 13.0. The molecular weight excluding hydrogens is 133 g/mol. The average molecular weight is 141 g/mol. The van der Waals surface area contributed by atoms with Gasteiger partial charge in [0.05, 0.1) is 6.20 Å². The summed E-state index contributed by atoms with van der Waals surface area (Å²) in [4.78, 5) is 0. The minimum Gasteiger partial charge on any atom is -0.238 e. The summed E-state index contributed by atoms with van der Waals surface area (Å²) in [7, 11) is 0. The number of hydrogen-bond donors (Lipinski definition) is 0. The van der Waals surface area contributed by atoms with Crippen molar-refractivity contribution >= 4 is 0 Å². The predicted octanol–water partition coefficient (Wildman–Crippen LogP) is 1.08. The van der Waals surface area contributed by atoms with E-state index in [0.29, 0.717) is 5.69 Å². The second-order valence-corrected chi connectivity index (χ2v) is 2.48. The van der Waals surface area contributed by atoms with Crippen LogP contribution < -0.4 is 0 Å². The van der Waals surface area contributed by atoms with Gasteiger partial charge in [0.1, 0.15) is 11.4 Å². The molecule has 0 amide bonds. The molecule has 0 bridgehead atoms. The normalized spacial score (nSPS) is 11.5. The molecule has 0 spiro atoms. The van der Waals surface area contributed by atoms with Crippen molar-refractivity contribution < 1.29 is 4.39 Å². The van der Waals surface area contributed by atoms with Crippen LogP contribution in [0.2, 0.25) is 0 Å². The Bertz CT molecular complexity index is 204. The Balaban J connectivity index is 2.97. The summed E-state index contributed by atoms with van der Waals surface area (Å²) in [6.07, 6.45) is 1.42. The minimum absolute atomic E-state index is 0.308. The molecule has 0 aliphatic rings. The highest BCUT2D eigenvalue weighted by Gasteiger charge is 2.20. The quantitative estimate of drug-likeness (QED) is 0.587. The molecule has 0 atom stereocenters. The van der Waals surface area contributed by atoms with Crippen molar-refractivity contribution in [2.24, 2.45) is 0 Å². The Morgan fingerprint density at radius 1 is 1.50 bits per heavy atom. The lowest BCUT2D eigenvalue weighted by molar-refractivity contribution is 0.211. The van der Waals surface area contributed by atoms with Crippen LogP contribution in [-0.4, -0.2) is 15.4 Å². The first kappa shape index (κ1) is 7.05. The van der Waals surface area contributed by atoms with Crippen LogP contribution in [0, 0.1) is 0 Å². The minimum atomic E-state index is -1.42. The third-order valence-electron chi connectivity index (χ3n) is 1.11. The maximum Gasteiger partial charge on any atom is 0.149 e. The van der Waals surface area contributed by atoms with Crippen LogP contribution in [0.1, 0.15) is 19.5 Å². The van der Waals surface area contributed by atoms with Crippen LogP contribution in [0.25, 0.3) is 0 Å². The molecule has 0 aromatic carbocycles. The van der Waals surface area contributed by atoms with E-state index < -0.39 is 5.67 Å². The second-order valence-electron chi connectivity index (χ2n) is 2.48. The van der Waals surface area contributed by atoms with Crippen molar-refractivity contribution in [3.8, 4) is 0 Å². The lowest BCUT2D eigenvalue weighted by atomic mass is 10.1. The lowest BCUT2D eigenvalue weighted by Gasteiger charge is -2.10. The van der Waals surface area contributed by atoms with Gasteiger partial charge in [-0.2, -0.15) is 0 Å². The van der Waals surface area contributed by atoms with Crippen LogP contribution in [-0.2, 0) is 5.67 Å². The highest BCUT2D eigenvalue weighted by molar-refractivity contribution is 5.04. The van der Waals surface area contributed by atoms with Crippen LogP contribution in [0.3, 0.4) is 0 Å². The van der Waals surface area contributed by atoms with Gasteiger partial charge in [-0.25, -0.2) is 4.39 Å². The molecule has 0 N–H and O–H groups in total. The van der Waals surface area contributed by atoms with Gasteiger partial charge < -0.3 is 0 Å². The highest BCUT2D eigenvalue weighted by atomic mass is 19.1. The molecule has 1 aromatic heterocycles. The number of rotatable bonds is 1. The Morgan fingerprint density at radius 2 is 2.20 bits per heavy atom. The molecule has 0 unspecified atom stereocenters. The molecule has 0 saturated heterocycles. The van der Waals surface area contributed by atoms with E-state index in [9.17, 15) is 4.39 Å². The summed E-state index contributed by atoms with van der Waals surface area (Å²) < 4.78 is 13.0. The van der Waals surface area contributed by atoms with E-state index in [2.05, 4.69) is 15.4 Å². The first-order chi connectivity index (χ1) is 4.61. The monoisotopic (exact) mass is 141 g/mol. The largest absolute Gasteiger partial charge is 0.238 e. The summed E-state index contributed by atoms with van der Waals surface area (Å²) in [6.45, 7) is 2.86. The van der Waals surface area contributed by atoms with E-state index in [1.807, 2.05) is 0 Å². The molecule has 3 nitrogen and oxygen atoms in total. The number of halogens is 1. The van der Waals surface area contributed by atoms with Crippen molar-refractivity contribution in [3.63, 3.8) is 0 Å². The first-order valence-electron chi connectivity index (χ1n) is 2.94. The Labute approximate surface area is 58.3 Å². The van der Waals surface area contributed by atoms with E-state index in [-0.39, 0.29) is 0 Å². The van der Waals surface area contributed by atoms with Crippen molar-refractivity contribution in [3.05, 3.63) is 18.0 Å². The third-order valence-corrected chi connectivity index (χ3v) is 1.11. The maximum absolute atomic E-state index is 13.0. The SMILES string of the molecule is CC(C)(F)c1ccnnn1. The predicted molar refractivity (Wildman–Crippen MR) is 34.0 cm³/mol. The summed E-state index contributed by atoms with van der Waals surface area (Å²) in [5.74, 6) is 0. The van der Waals surface area contributed by atoms with Gasteiger partial charge >= 0.3 is 0 Å². The van der Waals surface area contributed by atoms with Crippen LogP contribution in [0.4, 0.5) is 4.39 Å². The smallest absolute Gasteiger partial charge is 0.149 e. The molecule has 0 radical (unpaired) electrons. The van der Waals surface area contributed by atoms with E-state index in [4.69, 9.17) is 0 Å². The number of nitrogens with zero attached hydrogens (tertiary/aromatic N) is 3. The summed E-state index contributed by atoms with van der Waals surface area (Å²) in [6, 6.07) is 1.51. The van der Waals surface area contributed by atoms with Gasteiger partial charge in [-0.05, 0) is 25.1 Å². The zero-order valence-electron chi connectivity index (χ0n) is 5.87. The van der Waals surface area contributed by atoms with Crippen LogP contribution >= 0.6 is 0 Å². The highest BCUT2D eigenvalue weighted by Crippen LogP contribution is 2.20. The first-order valence-corrected chi connectivity index (χ1v) is 2.94. The number of aromatic nitrogens is 3. The van der Waals surface area contributed by atoms with E-state index in [0.717, 1.165) is 0 Å². The molecule has 54 valence electrons. The third kappa shape index (κ3) is 1.46. The number of hydrogen-bond acceptors (Lipinski definition) is 3. The van der Waals surface area contributed by atoms with Gasteiger partial charge in [0.2, 0.25) is 0 Å². The van der Waals surface area contributed by atoms with Crippen LogP contribution in [0.15, 0.2) is 12.3 Å². The Kier molecular flexibility index (Phi) is 1.61. The number of alkyl halides is 1. The molecular formula is C6H8FN3. The van der Waals surface area contributed by atoms with Crippen molar-refractivity contribution in [2.75, 3.05) is 0 Å². The molecule has 1 heterocycles. The van der Waals surface area contributed by atoms with Gasteiger partial charge in [-0.15, -0.1) is 10.2 Å². The fourth-order valence-corrected chi connectivity index (χ4v) is 0.558. The molecule has 10 heavy (non-hydrogen) atoms. The average Bonchev–Trinajstić information content (AvgIpc) is 1.88. The van der Waals surface area contributed by atoms with Gasteiger partial charge in [0, 0.05) is 0 Å². The van der Waals surface area contributed by atoms with Gasteiger partial charge in [-0.3, -0.25) is 0 Å². The van der Waals surface area contributed by atoms with Crippen molar-refractivity contribution in [1.82, 2.24) is 15.4 Å². The van der Waals surface area contributed by atoms with Gasteiger partial charge in [0.25, 0.3) is 0 Å². The summed E-state index contributed by atoms with van der Waals surface area (Å²) in [5.41, 5.74) is -1.11. The topological polar surface area (TPSA) is 38.7 Å². The van der Waals surface area contributed by atoms with Gasteiger partial charge in [-0.1, -0.05) is 0 Å². The zero-order valence-corrected chi connectivity index (χ0v) is 5.87. The molecule has 0 fully saturated rings. The molecule has 0 aliphatic carbocycles. The standard InChI is InChI=1S/C6H8FN3/c1-6(2,7)5-3-4-8-10-9-5/h3-4H,1-2H3. The van der Waals surface area contributed by atoms with Crippen LogP contribution in [0.5, 0.6) is 0 Å². The fourth-order valence-electron chi connectivity index (χ4n) is 0.558. The van der Waals surface area contributed by atoms with E-state index in [1.165, 1.54) is 26.1 Å². The summed E-state index contributed by atoms with van der Waals surface area (Å²) >= 11 is 0. The van der Waals surface area contributed by atoms with Gasteiger partial charge in [0.15, 0.2) is 0 Å². The zero-order chi connectivity index (χ0) is 7.61. The molecule has 0 aliphatic heterocycles. The Hall–Kier alpha value is -1.06. The molecule has 1 rings (SSSR count). The van der Waals surface area contributed by atoms with Crippen molar-refractivity contribution in [2.45, 2.75) is 19.5 Å². The molecule has 4 heteroatoms.